The molecule has 0 spiro atoms. The van der Waals surface area contributed by atoms with Gasteiger partial charge in [0.05, 0.1) is 45.8 Å². The normalized spacial score (nSPS) is 12.0. The zero-order valence-electron chi connectivity index (χ0n) is 43.3. The van der Waals surface area contributed by atoms with Crippen LogP contribution < -0.4 is 0 Å². The maximum atomic E-state index is 5.22. The number of aromatic nitrogens is 4. The van der Waals surface area contributed by atoms with Crippen molar-refractivity contribution in [3.8, 4) is 56.1 Å². The number of pyridine rings is 2. The van der Waals surface area contributed by atoms with Crippen LogP contribution in [0.5, 0.6) is 0 Å². The summed E-state index contributed by atoms with van der Waals surface area (Å²) >= 11 is 0. The third-order valence-corrected chi connectivity index (χ3v) is 16.9. The van der Waals surface area contributed by atoms with Crippen LogP contribution in [0.2, 0.25) is 0 Å². The molecule has 4 aromatic heterocycles. The van der Waals surface area contributed by atoms with Crippen LogP contribution in [0, 0.1) is 0 Å². The average Bonchev–Trinajstić information content (AvgIpc) is 4.12. The summed E-state index contributed by atoms with van der Waals surface area (Å²) < 4.78 is 4.72. The fourth-order valence-corrected chi connectivity index (χ4v) is 13.3. The van der Waals surface area contributed by atoms with E-state index < -0.39 is 0 Å². The molecule has 13 aromatic carbocycles. The molecule has 0 aliphatic rings. The van der Waals surface area contributed by atoms with E-state index in [1.54, 1.807) is 0 Å². The van der Waals surface area contributed by atoms with E-state index in [1.807, 2.05) is 12.4 Å². The van der Waals surface area contributed by atoms with Crippen molar-refractivity contribution in [3.63, 3.8) is 0 Å². The smallest absolute Gasteiger partial charge is 0.0894 e. The third kappa shape index (κ3) is 6.76. The number of hydrogen-bond acceptors (Lipinski definition) is 2. The molecule has 370 valence electrons. The lowest BCUT2D eigenvalue weighted by atomic mass is 9.90. The van der Waals surface area contributed by atoms with Crippen LogP contribution in [0.25, 0.3) is 164 Å². The van der Waals surface area contributed by atoms with Crippen molar-refractivity contribution in [3.05, 3.63) is 279 Å². The van der Waals surface area contributed by atoms with Gasteiger partial charge in [0, 0.05) is 32.9 Å². The minimum absolute atomic E-state index is 0.831. The van der Waals surface area contributed by atoms with Gasteiger partial charge in [-0.25, -0.2) is 0 Å². The van der Waals surface area contributed by atoms with Crippen LogP contribution in [0.1, 0.15) is 0 Å². The molecule has 17 aromatic rings. The van der Waals surface area contributed by atoms with Gasteiger partial charge >= 0.3 is 0 Å². The third-order valence-electron chi connectivity index (χ3n) is 16.9. The Morgan fingerprint density at radius 2 is 0.500 bits per heavy atom. The number of para-hydroxylation sites is 2. The van der Waals surface area contributed by atoms with Crippen LogP contribution in [0.4, 0.5) is 0 Å². The van der Waals surface area contributed by atoms with E-state index in [-0.39, 0.29) is 0 Å². The number of fused-ring (bicyclic) bond motifs is 18. The van der Waals surface area contributed by atoms with Crippen molar-refractivity contribution in [2.75, 3.05) is 0 Å². The molecule has 0 amide bonds. The Morgan fingerprint density at radius 1 is 0.188 bits per heavy atom. The molecule has 0 atom stereocenters. The Kier molecular flexibility index (Phi) is 9.68. The molecule has 17 rings (SSSR count). The lowest BCUT2D eigenvalue weighted by Gasteiger charge is -2.14. The molecule has 0 radical (unpaired) electrons. The highest BCUT2D eigenvalue weighted by Crippen LogP contribution is 2.43. The number of rotatable bonds is 6. The van der Waals surface area contributed by atoms with Gasteiger partial charge in [-0.15, -0.1) is 0 Å². The molecule has 0 N–H and O–H groups in total. The molecular formula is C76H46N4. The Hall–Kier alpha value is -10.7. The van der Waals surface area contributed by atoms with E-state index in [0.717, 1.165) is 66.7 Å². The molecule has 0 saturated heterocycles. The van der Waals surface area contributed by atoms with E-state index >= 15 is 0 Å². The maximum absolute atomic E-state index is 5.22. The predicted molar refractivity (Wildman–Crippen MR) is 337 cm³/mol. The lowest BCUT2D eigenvalue weighted by Crippen LogP contribution is -1.96. The summed E-state index contributed by atoms with van der Waals surface area (Å²) in [6.07, 6.45) is 4.07. The monoisotopic (exact) mass is 1010 g/mol. The molecule has 0 bridgehead atoms. The topological polar surface area (TPSA) is 35.6 Å². The van der Waals surface area contributed by atoms with Gasteiger partial charge in [0.25, 0.3) is 0 Å². The molecule has 0 aliphatic carbocycles. The standard InChI is InChI=1S/C76H46N4/c1-2-16-47(17-3-1)50-32-35-62-58-25-6-7-26-59(58)63-37-34-52(42-68(63)67(62)40-50)49-19-15-21-54(39-49)80-74-31-13-11-29-65(74)70-44-72(78-46-76(70)80)71-43-69-64-28-10-12-30-73(64)79(75(69)45-77-71)53-20-14-18-48(38-53)51-33-36-61-57-24-5-4-22-55(57)56-23-8-9-27-60(56)66(61)41-51/h1-46H. The summed E-state index contributed by atoms with van der Waals surface area (Å²) in [4.78, 5) is 10.4. The molecule has 80 heavy (non-hydrogen) atoms. The highest BCUT2D eigenvalue weighted by molar-refractivity contribution is 6.27. The van der Waals surface area contributed by atoms with Crippen molar-refractivity contribution in [1.82, 2.24) is 19.1 Å². The molecule has 0 unspecified atom stereocenters. The first-order valence-corrected chi connectivity index (χ1v) is 27.4. The zero-order chi connectivity index (χ0) is 52.4. The van der Waals surface area contributed by atoms with Crippen molar-refractivity contribution in [1.29, 1.82) is 0 Å². The first kappa shape index (κ1) is 44.4. The summed E-state index contributed by atoms with van der Waals surface area (Å²) in [6.45, 7) is 0. The highest BCUT2D eigenvalue weighted by atomic mass is 15.0. The summed E-state index contributed by atoms with van der Waals surface area (Å²) in [7, 11) is 0. The second-order valence-electron chi connectivity index (χ2n) is 21.3. The first-order valence-electron chi connectivity index (χ1n) is 27.4. The number of benzene rings is 13. The fraction of sp³-hybridized carbons (Fsp3) is 0. The maximum Gasteiger partial charge on any atom is 0.0894 e. The van der Waals surface area contributed by atoms with Gasteiger partial charge in [0.1, 0.15) is 0 Å². The fourth-order valence-electron chi connectivity index (χ4n) is 13.3. The summed E-state index contributed by atoms with van der Waals surface area (Å²) in [6, 6.07) is 97.7. The largest absolute Gasteiger partial charge is 0.308 e. The van der Waals surface area contributed by atoms with Crippen LogP contribution in [0.3, 0.4) is 0 Å². The van der Waals surface area contributed by atoms with E-state index in [4.69, 9.17) is 9.97 Å². The van der Waals surface area contributed by atoms with Crippen LogP contribution >= 0.6 is 0 Å². The molecule has 4 nitrogen and oxygen atoms in total. The minimum Gasteiger partial charge on any atom is -0.308 e. The first-order chi connectivity index (χ1) is 39.7. The predicted octanol–water partition coefficient (Wildman–Crippen LogP) is 20.3. The second kappa shape index (κ2) is 17.4. The van der Waals surface area contributed by atoms with E-state index in [9.17, 15) is 0 Å². The quantitative estimate of drug-likeness (QED) is 0.156. The zero-order valence-corrected chi connectivity index (χ0v) is 43.3. The Balaban J connectivity index is 0.756. The van der Waals surface area contributed by atoms with Crippen molar-refractivity contribution >= 4 is 108 Å². The van der Waals surface area contributed by atoms with E-state index in [2.05, 4.69) is 276 Å². The van der Waals surface area contributed by atoms with Crippen LogP contribution in [0.15, 0.2) is 279 Å². The minimum atomic E-state index is 0.831. The molecule has 0 fully saturated rings. The number of hydrogen-bond donors (Lipinski definition) is 0. The van der Waals surface area contributed by atoms with Crippen LogP contribution in [-0.4, -0.2) is 19.1 Å². The summed E-state index contributed by atoms with van der Waals surface area (Å²) in [5, 5.41) is 19.8. The Labute approximate surface area is 460 Å². The van der Waals surface area contributed by atoms with Gasteiger partial charge in [0.2, 0.25) is 0 Å². The lowest BCUT2D eigenvalue weighted by molar-refractivity contribution is 1.16. The van der Waals surface area contributed by atoms with Gasteiger partial charge < -0.3 is 9.13 Å². The van der Waals surface area contributed by atoms with Crippen molar-refractivity contribution in [2.45, 2.75) is 0 Å². The Morgan fingerprint density at radius 3 is 0.925 bits per heavy atom. The van der Waals surface area contributed by atoms with E-state index in [1.165, 1.54) is 97.7 Å². The highest BCUT2D eigenvalue weighted by Gasteiger charge is 2.20. The van der Waals surface area contributed by atoms with Gasteiger partial charge in [-0.1, -0.05) is 200 Å². The molecular weight excluding hydrogens is 969 g/mol. The summed E-state index contributed by atoms with van der Waals surface area (Å²) in [5.41, 5.74) is 15.3. The van der Waals surface area contributed by atoms with Crippen molar-refractivity contribution in [2.24, 2.45) is 0 Å². The molecule has 4 heteroatoms. The average molecular weight is 1020 g/mol. The van der Waals surface area contributed by atoms with Gasteiger partial charge in [-0.05, 0) is 165 Å². The van der Waals surface area contributed by atoms with Gasteiger partial charge in [0.15, 0.2) is 0 Å². The van der Waals surface area contributed by atoms with Gasteiger partial charge in [-0.3, -0.25) is 9.97 Å². The second-order valence-corrected chi connectivity index (χ2v) is 21.3. The molecule has 0 saturated carbocycles. The molecule has 4 heterocycles. The van der Waals surface area contributed by atoms with E-state index in [0.29, 0.717) is 0 Å². The Bertz CT molecular complexity index is 5400. The van der Waals surface area contributed by atoms with Crippen molar-refractivity contribution < 1.29 is 0 Å². The van der Waals surface area contributed by atoms with Crippen LogP contribution in [-0.2, 0) is 0 Å². The number of nitrogens with zero attached hydrogens (tertiary/aromatic N) is 4. The molecule has 0 aliphatic heterocycles. The summed E-state index contributed by atoms with van der Waals surface area (Å²) in [5.74, 6) is 0. The van der Waals surface area contributed by atoms with Gasteiger partial charge in [-0.2, -0.15) is 0 Å². The SMILES string of the molecule is c1ccc(-c2ccc3c4ccccc4c4ccc(-c5cccc(-n6c7ccccc7c7cc(-c8cc9c%10ccccc%10n(-c%10cccc(-c%11ccc%12c%13ccccc%13c%13ccccc%13c%12c%11)c%10)c9cn8)ncc76)c5)cc4c3c2)cc1.